The lowest BCUT2D eigenvalue weighted by Crippen LogP contribution is -2.28. The summed E-state index contributed by atoms with van der Waals surface area (Å²) in [5.41, 5.74) is 1.27. The summed E-state index contributed by atoms with van der Waals surface area (Å²) in [7, 11) is 4.04. The fourth-order valence-electron chi connectivity index (χ4n) is 2.40. The second-order valence-corrected chi connectivity index (χ2v) is 6.69. The van der Waals surface area contributed by atoms with Crippen LogP contribution in [0.2, 0.25) is 0 Å². The van der Waals surface area contributed by atoms with Crippen LogP contribution in [0.1, 0.15) is 37.2 Å². The van der Waals surface area contributed by atoms with Crippen molar-refractivity contribution < 1.29 is 4.79 Å². The van der Waals surface area contributed by atoms with Crippen LogP contribution in [0.4, 0.5) is 5.82 Å². The predicted molar refractivity (Wildman–Crippen MR) is 106 cm³/mol. The molecule has 0 saturated heterocycles. The zero-order valence-corrected chi connectivity index (χ0v) is 16.1. The van der Waals surface area contributed by atoms with Gasteiger partial charge in [-0.15, -0.1) is 0 Å². The maximum absolute atomic E-state index is 12.5. The largest absolute Gasteiger partial charge is 0.367 e. The molecule has 0 aliphatic rings. The Labute approximate surface area is 156 Å². The number of carbonyl (C=O) groups is 1. The van der Waals surface area contributed by atoms with E-state index in [0.29, 0.717) is 23.9 Å². The zero-order chi connectivity index (χ0) is 18.9. The SMILES string of the molecule is CCC(C)Nc1cc(C(=O)NCCCN(C)C)nc(-c2ccccc2)n1. The Morgan fingerprint density at radius 2 is 1.92 bits per heavy atom. The van der Waals surface area contributed by atoms with Crippen molar-refractivity contribution >= 4 is 11.7 Å². The minimum atomic E-state index is -0.171. The molecule has 140 valence electrons. The van der Waals surface area contributed by atoms with E-state index in [2.05, 4.69) is 39.3 Å². The summed E-state index contributed by atoms with van der Waals surface area (Å²) in [5, 5.41) is 6.29. The van der Waals surface area contributed by atoms with Crippen molar-refractivity contribution in [3.8, 4) is 11.4 Å². The molecule has 1 aromatic carbocycles. The molecule has 1 heterocycles. The van der Waals surface area contributed by atoms with E-state index in [4.69, 9.17) is 0 Å². The van der Waals surface area contributed by atoms with Crippen LogP contribution in [0, 0.1) is 0 Å². The maximum atomic E-state index is 12.5. The molecule has 6 heteroatoms. The van der Waals surface area contributed by atoms with Gasteiger partial charge in [0, 0.05) is 24.2 Å². The molecule has 1 amide bonds. The number of hydrogen-bond acceptors (Lipinski definition) is 5. The lowest BCUT2D eigenvalue weighted by atomic mass is 10.2. The first-order valence-corrected chi connectivity index (χ1v) is 9.13. The summed E-state index contributed by atoms with van der Waals surface area (Å²) in [6.45, 7) is 5.75. The zero-order valence-electron chi connectivity index (χ0n) is 16.1. The van der Waals surface area contributed by atoms with Crippen molar-refractivity contribution in [2.24, 2.45) is 0 Å². The van der Waals surface area contributed by atoms with Gasteiger partial charge < -0.3 is 15.5 Å². The summed E-state index contributed by atoms with van der Waals surface area (Å²) < 4.78 is 0. The molecule has 6 nitrogen and oxygen atoms in total. The highest BCUT2D eigenvalue weighted by Gasteiger charge is 2.13. The lowest BCUT2D eigenvalue weighted by Gasteiger charge is -2.14. The maximum Gasteiger partial charge on any atom is 0.270 e. The first-order valence-electron chi connectivity index (χ1n) is 9.13. The van der Waals surface area contributed by atoms with Gasteiger partial charge in [-0.05, 0) is 40.4 Å². The van der Waals surface area contributed by atoms with Gasteiger partial charge in [-0.2, -0.15) is 0 Å². The van der Waals surface area contributed by atoms with E-state index in [1.807, 2.05) is 44.4 Å². The molecule has 2 rings (SSSR count). The van der Waals surface area contributed by atoms with Gasteiger partial charge in [0.2, 0.25) is 0 Å². The highest BCUT2D eigenvalue weighted by atomic mass is 16.1. The summed E-state index contributed by atoms with van der Waals surface area (Å²) in [6.07, 6.45) is 1.87. The highest BCUT2D eigenvalue weighted by Crippen LogP contribution is 2.18. The number of amides is 1. The Bertz CT molecular complexity index is 703. The third kappa shape index (κ3) is 6.11. The van der Waals surface area contributed by atoms with E-state index in [0.717, 1.165) is 24.9 Å². The van der Waals surface area contributed by atoms with Crippen molar-refractivity contribution in [1.29, 1.82) is 0 Å². The van der Waals surface area contributed by atoms with Crippen molar-refractivity contribution in [3.05, 3.63) is 42.1 Å². The number of aromatic nitrogens is 2. The normalized spacial score (nSPS) is 12.0. The van der Waals surface area contributed by atoms with Crippen LogP contribution in [-0.2, 0) is 0 Å². The monoisotopic (exact) mass is 355 g/mol. The summed E-state index contributed by atoms with van der Waals surface area (Å²) >= 11 is 0. The number of anilines is 1. The molecule has 1 atom stereocenters. The summed E-state index contributed by atoms with van der Waals surface area (Å²) in [5.74, 6) is 1.06. The third-order valence-corrected chi connectivity index (χ3v) is 4.07. The van der Waals surface area contributed by atoms with E-state index in [1.54, 1.807) is 6.07 Å². The van der Waals surface area contributed by atoms with E-state index in [1.165, 1.54) is 0 Å². The van der Waals surface area contributed by atoms with Crippen LogP contribution < -0.4 is 10.6 Å². The number of nitrogens with zero attached hydrogens (tertiary/aromatic N) is 3. The van der Waals surface area contributed by atoms with E-state index >= 15 is 0 Å². The van der Waals surface area contributed by atoms with E-state index in [-0.39, 0.29) is 11.9 Å². The number of nitrogens with one attached hydrogen (secondary N) is 2. The Morgan fingerprint density at radius 3 is 2.58 bits per heavy atom. The van der Waals surface area contributed by atoms with Gasteiger partial charge in [0.1, 0.15) is 11.5 Å². The molecule has 2 aromatic rings. The topological polar surface area (TPSA) is 70.2 Å². The van der Waals surface area contributed by atoms with Crippen LogP contribution in [-0.4, -0.2) is 54.0 Å². The number of benzene rings is 1. The molecule has 1 unspecified atom stereocenters. The minimum absolute atomic E-state index is 0.171. The second kappa shape index (κ2) is 9.87. The van der Waals surface area contributed by atoms with Crippen LogP contribution in [0.25, 0.3) is 11.4 Å². The molecule has 0 fully saturated rings. The molecule has 0 aliphatic heterocycles. The number of hydrogen-bond donors (Lipinski definition) is 2. The number of carbonyl (C=O) groups excluding carboxylic acids is 1. The smallest absolute Gasteiger partial charge is 0.270 e. The Hall–Kier alpha value is -2.47. The van der Waals surface area contributed by atoms with Gasteiger partial charge in [-0.3, -0.25) is 4.79 Å². The van der Waals surface area contributed by atoms with Crippen molar-refractivity contribution in [2.75, 3.05) is 32.5 Å². The summed E-state index contributed by atoms with van der Waals surface area (Å²) in [4.78, 5) is 23.7. The fraction of sp³-hybridized carbons (Fsp3) is 0.450. The number of rotatable bonds is 9. The Morgan fingerprint density at radius 1 is 1.19 bits per heavy atom. The molecule has 0 aliphatic carbocycles. The minimum Gasteiger partial charge on any atom is -0.367 e. The molecule has 2 N–H and O–H groups in total. The van der Waals surface area contributed by atoms with Gasteiger partial charge >= 0.3 is 0 Å². The van der Waals surface area contributed by atoms with Crippen LogP contribution in [0.3, 0.4) is 0 Å². The Balaban J connectivity index is 2.20. The third-order valence-electron chi connectivity index (χ3n) is 4.07. The van der Waals surface area contributed by atoms with Gasteiger partial charge in [0.15, 0.2) is 5.82 Å². The molecular formula is C20H29N5O. The highest BCUT2D eigenvalue weighted by molar-refractivity contribution is 5.93. The summed E-state index contributed by atoms with van der Waals surface area (Å²) in [6, 6.07) is 11.7. The molecule has 1 aromatic heterocycles. The van der Waals surface area contributed by atoms with Gasteiger partial charge in [0.05, 0.1) is 0 Å². The van der Waals surface area contributed by atoms with Crippen molar-refractivity contribution in [3.63, 3.8) is 0 Å². The van der Waals surface area contributed by atoms with E-state index < -0.39 is 0 Å². The standard InChI is InChI=1S/C20H29N5O/c1-5-15(2)22-18-14-17(20(26)21-12-9-13-25(3)4)23-19(24-18)16-10-7-6-8-11-16/h6-8,10-11,14-15H,5,9,12-13H2,1-4H3,(H,21,26)(H,22,23,24). The van der Waals surface area contributed by atoms with Gasteiger partial charge in [0.25, 0.3) is 5.91 Å². The average Bonchev–Trinajstić information content (AvgIpc) is 2.65. The van der Waals surface area contributed by atoms with Crippen molar-refractivity contribution in [1.82, 2.24) is 20.2 Å². The Kier molecular flexibility index (Phi) is 7.53. The molecule has 0 bridgehead atoms. The first kappa shape index (κ1) is 19.8. The second-order valence-electron chi connectivity index (χ2n) is 6.69. The lowest BCUT2D eigenvalue weighted by molar-refractivity contribution is 0.0947. The molecule has 0 spiro atoms. The van der Waals surface area contributed by atoms with Crippen LogP contribution >= 0.6 is 0 Å². The predicted octanol–water partition coefficient (Wildman–Crippen LogP) is 3.04. The first-order chi connectivity index (χ1) is 12.5. The van der Waals surface area contributed by atoms with Crippen LogP contribution in [0.5, 0.6) is 0 Å². The molecule has 0 saturated carbocycles. The average molecular weight is 355 g/mol. The quantitative estimate of drug-likeness (QED) is 0.677. The van der Waals surface area contributed by atoms with Crippen molar-refractivity contribution in [2.45, 2.75) is 32.7 Å². The fourth-order valence-corrected chi connectivity index (χ4v) is 2.40. The van der Waals surface area contributed by atoms with E-state index in [9.17, 15) is 4.79 Å². The molecule has 0 radical (unpaired) electrons. The molecular weight excluding hydrogens is 326 g/mol. The molecule has 26 heavy (non-hydrogen) atoms. The van der Waals surface area contributed by atoms with Crippen LogP contribution in [0.15, 0.2) is 36.4 Å². The van der Waals surface area contributed by atoms with Gasteiger partial charge in [-0.25, -0.2) is 9.97 Å². The van der Waals surface area contributed by atoms with Gasteiger partial charge in [-0.1, -0.05) is 37.3 Å².